The van der Waals surface area contributed by atoms with Crippen molar-refractivity contribution in [3.8, 4) is 5.75 Å². The van der Waals surface area contributed by atoms with Crippen molar-refractivity contribution >= 4 is 11.8 Å². The summed E-state index contributed by atoms with van der Waals surface area (Å²) in [4.78, 5) is 26.2. The predicted molar refractivity (Wildman–Crippen MR) is 106 cm³/mol. The molecule has 0 radical (unpaired) electrons. The van der Waals surface area contributed by atoms with Crippen LogP contribution in [0.1, 0.15) is 34.7 Å². The summed E-state index contributed by atoms with van der Waals surface area (Å²) in [6, 6.07) is 9.30. The van der Waals surface area contributed by atoms with Crippen molar-refractivity contribution in [1.29, 1.82) is 0 Å². The zero-order valence-electron chi connectivity index (χ0n) is 16.8. The molecule has 0 aliphatic heterocycles. The highest BCUT2D eigenvalue weighted by Gasteiger charge is 2.23. The van der Waals surface area contributed by atoms with Gasteiger partial charge in [-0.05, 0) is 42.9 Å². The van der Waals surface area contributed by atoms with E-state index in [0.29, 0.717) is 31.2 Å². The molecule has 0 saturated heterocycles. The van der Waals surface area contributed by atoms with Crippen LogP contribution in [0, 0.1) is 5.92 Å². The average Bonchev–Trinajstić information content (AvgIpc) is 3.45. The molecular weight excluding hydrogens is 374 g/mol. The Hall–Kier alpha value is -2.87. The fraction of sp³-hybridized carbons (Fsp3) is 0.476. The first-order valence-electron chi connectivity index (χ1n) is 9.72. The van der Waals surface area contributed by atoms with Crippen molar-refractivity contribution in [3.63, 3.8) is 0 Å². The highest BCUT2D eigenvalue weighted by atomic mass is 16.5. The Balaban J connectivity index is 1.58. The maximum absolute atomic E-state index is 12.4. The molecule has 2 aromatic rings. The molecule has 1 aromatic heterocycles. The van der Waals surface area contributed by atoms with E-state index in [4.69, 9.17) is 14.0 Å². The standard InChI is InChI=1S/C21H27N3O5/c1-27-14-20(25)24(10-9-15-5-7-17(28-2)8-6-15)13-18-11-19(23-29-18)21(26)22-12-16-3-4-16/h5-8,11,16H,3-4,9-10,12-14H2,1-2H3,(H,22,26). The Morgan fingerprint density at radius 2 is 2.00 bits per heavy atom. The number of hydrogen-bond acceptors (Lipinski definition) is 6. The molecule has 1 aliphatic carbocycles. The average molecular weight is 401 g/mol. The molecule has 1 aromatic carbocycles. The maximum Gasteiger partial charge on any atom is 0.273 e. The minimum atomic E-state index is -0.250. The van der Waals surface area contributed by atoms with Crippen LogP contribution in [0.2, 0.25) is 0 Å². The topological polar surface area (TPSA) is 93.9 Å². The van der Waals surface area contributed by atoms with Gasteiger partial charge in [0.2, 0.25) is 5.91 Å². The summed E-state index contributed by atoms with van der Waals surface area (Å²) in [5.74, 6) is 1.43. The molecule has 1 heterocycles. The number of nitrogens with zero attached hydrogens (tertiary/aromatic N) is 2. The van der Waals surface area contributed by atoms with Gasteiger partial charge in [0, 0.05) is 26.3 Å². The monoisotopic (exact) mass is 401 g/mol. The van der Waals surface area contributed by atoms with Crippen molar-refractivity contribution in [2.24, 2.45) is 5.92 Å². The Kier molecular flexibility index (Phi) is 7.24. The molecule has 156 valence electrons. The van der Waals surface area contributed by atoms with Crippen molar-refractivity contribution in [2.45, 2.75) is 25.8 Å². The van der Waals surface area contributed by atoms with E-state index in [0.717, 1.165) is 24.2 Å². The second kappa shape index (κ2) is 10.1. The minimum absolute atomic E-state index is 0.0223. The van der Waals surface area contributed by atoms with Crippen LogP contribution in [0.4, 0.5) is 0 Å². The molecule has 0 bridgehead atoms. The van der Waals surface area contributed by atoms with E-state index in [1.807, 2.05) is 24.3 Å². The lowest BCUT2D eigenvalue weighted by Crippen LogP contribution is -2.35. The number of benzene rings is 1. The van der Waals surface area contributed by atoms with Crippen molar-refractivity contribution in [1.82, 2.24) is 15.4 Å². The Bertz CT molecular complexity index is 814. The molecule has 0 atom stereocenters. The molecule has 29 heavy (non-hydrogen) atoms. The van der Waals surface area contributed by atoms with Gasteiger partial charge in [-0.15, -0.1) is 0 Å². The van der Waals surface area contributed by atoms with E-state index in [2.05, 4.69) is 10.5 Å². The number of methoxy groups -OCH3 is 2. The van der Waals surface area contributed by atoms with Gasteiger partial charge in [0.05, 0.1) is 13.7 Å². The zero-order valence-corrected chi connectivity index (χ0v) is 16.8. The number of hydrogen-bond donors (Lipinski definition) is 1. The third kappa shape index (κ3) is 6.32. The van der Waals surface area contributed by atoms with E-state index < -0.39 is 0 Å². The van der Waals surface area contributed by atoms with Crippen LogP contribution in [0.5, 0.6) is 5.75 Å². The maximum atomic E-state index is 12.4. The summed E-state index contributed by atoms with van der Waals surface area (Å²) in [7, 11) is 3.11. The van der Waals surface area contributed by atoms with Gasteiger partial charge in [-0.2, -0.15) is 0 Å². The molecule has 8 heteroatoms. The molecule has 2 amide bonds. The molecule has 0 spiro atoms. The van der Waals surface area contributed by atoms with Crippen molar-refractivity contribution in [2.75, 3.05) is 33.9 Å². The first kappa shape index (κ1) is 20.9. The van der Waals surface area contributed by atoms with E-state index in [1.165, 1.54) is 7.11 Å². The smallest absolute Gasteiger partial charge is 0.273 e. The van der Waals surface area contributed by atoms with Crippen molar-refractivity contribution in [3.05, 3.63) is 47.3 Å². The fourth-order valence-electron chi connectivity index (χ4n) is 2.90. The fourth-order valence-corrected chi connectivity index (χ4v) is 2.90. The summed E-state index contributed by atoms with van der Waals surface area (Å²) in [6.07, 6.45) is 2.99. The quantitative estimate of drug-likeness (QED) is 0.619. The molecule has 1 aliphatic rings. The first-order valence-corrected chi connectivity index (χ1v) is 9.72. The molecule has 1 saturated carbocycles. The molecule has 1 fully saturated rings. The third-order valence-electron chi connectivity index (χ3n) is 4.84. The predicted octanol–water partition coefficient (Wildman–Crippen LogP) is 2.04. The van der Waals surface area contributed by atoms with Gasteiger partial charge in [-0.1, -0.05) is 17.3 Å². The van der Waals surface area contributed by atoms with Crippen LogP contribution in [0.25, 0.3) is 0 Å². The lowest BCUT2D eigenvalue weighted by Gasteiger charge is -2.21. The van der Waals surface area contributed by atoms with Gasteiger partial charge >= 0.3 is 0 Å². The van der Waals surface area contributed by atoms with E-state index in [1.54, 1.807) is 18.1 Å². The number of ether oxygens (including phenoxy) is 2. The SMILES string of the molecule is COCC(=O)N(CCc1ccc(OC)cc1)Cc1cc(C(=O)NCC2CC2)no1. The Morgan fingerprint density at radius 1 is 1.24 bits per heavy atom. The second-order valence-corrected chi connectivity index (χ2v) is 7.18. The molecule has 8 nitrogen and oxygen atoms in total. The Morgan fingerprint density at radius 3 is 2.66 bits per heavy atom. The lowest BCUT2D eigenvalue weighted by molar-refractivity contribution is -0.136. The van der Waals surface area contributed by atoms with Crippen LogP contribution < -0.4 is 10.1 Å². The molecular formula is C21H27N3O5. The van der Waals surface area contributed by atoms with Gasteiger partial charge in [-0.3, -0.25) is 9.59 Å². The van der Waals surface area contributed by atoms with Gasteiger partial charge in [0.1, 0.15) is 12.4 Å². The Labute approximate surface area is 170 Å². The number of carbonyl (C=O) groups is 2. The minimum Gasteiger partial charge on any atom is -0.497 e. The highest BCUT2D eigenvalue weighted by Crippen LogP contribution is 2.27. The third-order valence-corrected chi connectivity index (χ3v) is 4.84. The number of amides is 2. The summed E-state index contributed by atoms with van der Waals surface area (Å²) < 4.78 is 15.4. The van der Waals surface area contributed by atoms with E-state index >= 15 is 0 Å². The summed E-state index contributed by atoms with van der Waals surface area (Å²) in [6.45, 7) is 1.35. The molecule has 0 unspecified atom stereocenters. The number of nitrogens with one attached hydrogen (secondary N) is 1. The van der Waals surface area contributed by atoms with Gasteiger partial charge in [0.15, 0.2) is 11.5 Å². The van der Waals surface area contributed by atoms with E-state index in [-0.39, 0.29) is 30.7 Å². The van der Waals surface area contributed by atoms with Crippen LogP contribution in [-0.4, -0.2) is 55.8 Å². The van der Waals surface area contributed by atoms with Crippen LogP contribution in [-0.2, 0) is 22.5 Å². The highest BCUT2D eigenvalue weighted by molar-refractivity contribution is 5.92. The van der Waals surface area contributed by atoms with Crippen LogP contribution in [0.15, 0.2) is 34.9 Å². The number of rotatable bonds is 11. The van der Waals surface area contributed by atoms with Crippen molar-refractivity contribution < 1.29 is 23.6 Å². The summed E-state index contributed by atoms with van der Waals surface area (Å²) in [5.41, 5.74) is 1.31. The van der Waals surface area contributed by atoms with Gasteiger partial charge < -0.3 is 24.2 Å². The summed E-state index contributed by atoms with van der Waals surface area (Å²) in [5, 5.41) is 6.69. The molecule has 3 rings (SSSR count). The lowest BCUT2D eigenvalue weighted by atomic mass is 10.1. The van der Waals surface area contributed by atoms with Gasteiger partial charge in [-0.25, -0.2) is 0 Å². The van der Waals surface area contributed by atoms with Crippen LogP contribution in [0.3, 0.4) is 0 Å². The van der Waals surface area contributed by atoms with Crippen LogP contribution >= 0.6 is 0 Å². The largest absolute Gasteiger partial charge is 0.497 e. The second-order valence-electron chi connectivity index (χ2n) is 7.18. The normalized spacial score (nSPS) is 13.2. The number of carbonyl (C=O) groups excluding carboxylic acids is 2. The number of aromatic nitrogens is 1. The van der Waals surface area contributed by atoms with Gasteiger partial charge in [0.25, 0.3) is 5.91 Å². The molecule has 1 N–H and O–H groups in total. The van der Waals surface area contributed by atoms with E-state index in [9.17, 15) is 9.59 Å². The first-order chi connectivity index (χ1) is 14.1. The zero-order chi connectivity index (χ0) is 20.6. The summed E-state index contributed by atoms with van der Waals surface area (Å²) >= 11 is 0.